The third-order valence-electron chi connectivity index (χ3n) is 4.83. The Hall–Kier alpha value is -2.39. The third-order valence-corrected chi connectivity index (χ3v) is 5.52. The van der Waals surface area contributed by atoms with E-state index in [2.05, 4.69) is 9.71 Å². The van der Waals surface area contributed by atoms with Crippen LogP contribution in [0.4, 0.5) is 0 Å². The topological polar surface area (TPSA) is 93.5 Å². The second-order valence-corrected chi connectivity index (χ2v) is 8.98. The summed E-state index contributed by atoms with van der Waals surface area (Å²) >= 11 is 0. The Morgan fingerprint density at radius 1 is 1.32 bits per heavy atom. The first-order valence-corrected chi connectivity index (χ1v) is 11.1. The largest absolute Gasteiger partial charge is 0.486 e. The molecule has 152 valence electrons. The average molecular weight is 407 g/mol. The maximum absolute atomic E-state index is 12.8. The molecule has 0 saturated carbocycles. The molecule has 0 radical (unpaired) electrons. The summed E-state index contributed by atoms with van der Waals surface area (Å²) in [6.45, 7) is 1.96. The highest BCUT2D eigenvalue weighted by Crippen LogP contribution is 2.20. The molecule has 9 heteroatoms. The number of hydrogen-bond acceptors (Lipinski definition) is 5. The van der Waals surface area contributed by atoms with Crippen LogP contribution in [0.1, 0.15) is 29.0 Å². The zero-order chi connectivity index (χ0) is 20.1. The zero-order valence-corrected chi connectivity index (χ0v) is 17.0. The normalized spacial score (nSPS) is 17.5. The van der Waals surface area contributed by atoms with E-state index in [1.807, 2.05) is 17.8 Å². The highest BCUT2D eigenvalue weighted by Gasteiger charge is 2.25. The van der Waals surface area contributed by atoms with Gasteiger partial charge in [-0.05, 0) is 43.0 Å². The van der Waals surface area contributed by atoms with Crippen LogP contribution < -0.4 is 9.46 Å². The lowest BCUT2D eigenvalue weighted by atomic mass is 9.97. The SMILES string of the molecule is Cn1ccnc1COc1ccc(C(=O)N2CCCC(CNS(C)(=O)=O)C2)cc1. The van der Waals surface area contributed by atoms with E-state index in [0.29, 0.717) is 37.6 Å². The first-order chi connectivity index (χ1) is 13.3. The number of hydrogen-bond donors (Lipinski definition) is 1. The van der Waals surface area contributed by atoms with E-state index in [1.165, 1.54) is 0 Å². The van der Waals surface area contributed by atoms with Crippen molar-refractivity contribution in [1.82, 2.24) is 19.2 Å². The van der Waals surface area contributed by atoms with Crippen molar-refractivity contribution in [3.63, 3.8) is 0 Å². The summed E-state index contributed by atoms with van der Waals surface area (Å²) in [6.07, 6.45) is 6.50. The van der Waals surface area contributed by atoms with Crippen molar-refractivity contribution in [3.05, 3.63) is 48.0 Å². The number of piperidine rings is 1. The van der Waals surface area contributed by atoms with E-state index in [4.69, 9.17) is 4.74 Å². The second-order valence-electron chi connectivity index (χ2n) is 7.15. The van der Waals surface area contributed by atoms with Gasteiger partial charge in [0.1, 0.15) is 18.2 Å². The van der Waals surface area contributed by atoms with Crippen molar-refractivity contribution in [3.8, 4) is 5.75 Å². The number of likely N-dealkylation sites (tertiary alicyclic amines) is 1. The number of carbonyl (C=O) groups is 1. The predicted octanol–water partition coefficient (Wildman–Crippen LogP) is 1.40. The van der Waals surface area contributed by atoms with Gasteiger partial charge in [0.25, 0.3) is 5.91 Å². The molecule has 1 aliphatic rings. The van der Waals surface area contributed by atoms with Gasteiger partial charge in [0, 0.05) is 44.6 Å². The number of benzene rings is 1. The molecule has 1 unspecified atom stereocenters. The van der Waals surface area contributed by atoms with Gasteiger partial charge < -0.3 is 14.2 Å². The van der Waals surface area contributed by atoms with Crippen LogP contribution in [0.3, 0.4) is 0 Å². The quantitative estimate of drug-likeness (QED) is 0.750. The smallest absolute Gasteiger partial charge is 0.253 e. The Bertz CT molecular complexity index is 908. The van der Waals surface area contributed by atoms with Crippen molar-refractivity contribution in [2.24, 2.45) is 13.0 Å². The molecule has 0 bridgehead atoms. The minimum absolute atomic E-state index is 0.0419. The zero-order valence-electron chi connectivity index (χ0n) is 16.2. The molecule has 3 rings (SSSR count). The van der Waals surface area contributed by atoms with Gasteiger partial charge in [0.05, 0.1) is 6.26 Å². The molecule has 1 aromatic heterocycles. The van der Waals surface area contributed by atoms with E-state index in [9.17, 15) is 13.2 Å². The predicted molar refractivity (Wildman–Crippen MR) is 105 cm³/mol. The Labute approximate surface area is 165 Å². The van der Waals surface area contributed by atoms with E-state index in [1.54, 1.807) is 35.4 Å². The monoisotopic (exact) mass is 406 g/mol. The standard InChI is InChI=1S/C19H26N4O4S/c1-22-11-9-20-18(22)14-27-17-7-5-16(6-8-17)19(24)23-10-3-4-15(13-23)12-21-28(2,25)26/h5-9,11,15,21H,3-4,10,12-14H2,1-2H3. The lowest BCUT2D eigenvalue weighted by Crippen LogP contribution is -2.43. The average Bonchev–Trinajstić information content (AvgIpc) is 3.09. The number of aryl methyl sites for hydroxylation is 1. The van der Waals surface area contributed by atoms with Crippen molar-refractivity contribution < 1.29 is 17.9 Å². The van der Waals surface area contributed by atoms with Gasteiger partial charge in [-0.15, -0.1) is 0 Å². The summed E-state index contributed by atoms with van der Waals surface area (Å²) in [5.41, 5.74) is 0.598. The number of aromatic nitrogens is 2. The minimum Gasteiger partial charge on any atom is -0.486 e. The number of nitrogens with zero attached hydrogens (tertiary/aromatic N) is 3. The van der Waals surface area contributed by atoms with Gasteiger partial charge in [0.2, 0.25) is 10.0 Å². The summed E-state index contributed by atoms with van der Waals surface area (Å²) in [6, 6.07) is 7.08. The summed E-state index contributed by atoms with van der Waals surface area (Å²) in [4.78, 5) is 18.8. The molecule has 1 aliphatic heterocycles. The van der Waals surface area contributed by atoms with E-state index >= 15 is 0 Å². The summed E-state index contributed by atoms with van der Waals surface area (Å²) in [7, 11) is -1.31. The molecular weight excluding hydrogens is 380 g/mol. The summed E-state index contributed by atoms with van der Waals surface area (Å²) < 4.78 is 32.7. The van der Waals surface area contributed by atoms with Crippen LogP contribution in [-0.2, 0) is 23.7 Å². The Morgan fingerprint density at radius 3 is 2.71 bits per heavy atom. The van der Waals surface area contributed by atoms with Crippen LogP contribution in [0.15, 0.2) is 36.7 Å². The van der Waals surface area contributed by atoms with E-state index in [-0.39, 0.29) is 11.8 Å². The van der Waals surface area contributed by atoms with Crippen LogP contribution in [0.25, 0.3) is 0 Å². The molecule has 0 aliphatic carbocycles. The number of ether oxygens (including phenoxy) is 1. The fourth-order valence-electron chi connectivity index (χ4n) is 3.25. The number of nitrogens with one attached hydrogen (secondary N) is 1. The van der Waals surface area contributed by atoms with Crippen LogP contribution in [0.2, 0.25) is 0 Å². The minimum atomic E-state index is -3.22. The highest BCUT2D eigenvalue weighted by molar-refractivity contribution is 7.88. The maximum Gasteiger partial charge on any atom is 0.253 e. The molecular formula is C19H26N4O4S. The van der Waals surface area contributed by atoms with E-state index in [0.717, 1.165) is 24.9 Å². The Balaban J connectivity index is 1.55. The molecule has 2 heterocycles. The summed E-state index contributed by atoms with van der Waals surface area (Å²) in [5.74, 6) is 1.59. The number of sulfonamides is 1. The van der Waals surface area contributed by atoms with Crippen LogP contribution in [0.5, 0.6) is 5.75 Å². The van der Waals surface area contributed by atoms with Gasteiger partial charge in [-0.25, -0.2) is 18.1 Å². The van der Waals surface area contributed by atoms with E-state index < -0.39 is 10.0 Å². The Kier molecular flexibility index (Phi) is 6.35. The third kappa shape index (κ3) is 5.56. The number of rotatable bonds is 7. The molecule has 1 fully saturated rings. The van der Waals surface area contributed by atoms with Gasteiger partial charge in [-0.1, -0.05) is 0 Å². The molecule has 1 atom stereocenters. The number of carbonyl (C=O) groups excluding carboxylic acids is 1. The van der Waals surface area contributed by atoms with Gasteiger partial charge in [-0.2, -0.15) is 0 Å². The lowest BCUT2D eigenvalue weighted by Gasteiger charge is -2.32. The van der Waals surface area contributed by atoms with Crippen LogP contribution in [-0.4, -0.2) is 54.7 Å². The first kappa shape index (κ1) is 20.3. The van der Waals surface area contributed by atoms with Crippen molar-refractivity contribution in [2.45, 2.75) is 19.4 Å². The van der Waals surface area contributed by atoms with Crippen molar-refractivity contribution in [2.75, 3.05) is 25.9 Å². The molecule has 1 amide bonds. The van der Waals surface area contributed by atoms with Crippen molar-refractivity contribution in [1.29, 1.82) is 0 Å². The van der Waals surface area contributed by atoms with Crippen LogP contribution >= 0.6 is 0 Å². The van der Waals surface area contributed by atoms with Gasteiger partial charge in [0.15, 0.2) is 0 Å². The lowest BCUT2D eigenvalue weighted by molar-refractivity contribution is 0.0676. The molecule has 1 N–H and O–H groups in total. The maximum atomic E-state index is 12.8. The van der Waals surface area contributed by atoms with Gasteiger partial charge in [-0.3, -0.25) is 4.79 Å². The van der Waals surface area contributed by atoms with Crippen LogP contribution in [0, 0.1) is 5.92 Å². The molecule has 1 saturated heterocycles. The fourth-order valence-corrected chi connectivity index (χ4v) is 3.78. The first-order valence-electron chi connectivity index (χ1n) is 9.25. The van der Waals surface area contributed by atoms with Gasteiger partial charge >= 0.3 is 0 Å². The Morgan fingerprint density at radius 2 is 2.07 bits per heavy atom. The molecule has 1 aromatic carbocycles. The highest BCUT2D eigenvalue weighted by atomic mass is 32.2. The molecule has 8 nitrogen and oxygen atoms in total. The molecule has 0 spiro atoms. The number of imidazole rings is 1. The number of amides is 1. The molecule has 28 heavy (non-hydrogen) atoms. The van der Waals surface area contributed by atoms with Crippen molar-refractivity contribution >= 4 is 15.9 Å². The molecule has 2 aromatic rings. The summed E-state index contributed by atoms with van der Waals surface area (Å²) in [5, 5.41) is 0. The second kappa shape index (κ2) is 8.74. The fraction of sp³-hybridized carbons (Fsp3) is 0.474.